The largest absolute Gasteiger partial charge is 0.357 e. The molecule has 1 saturated carbocycles. The SMILES string of the molecule is CN(c1cc(-n2cnc(Nc3ccccc3)n2)ccn1)C1CCCCC1. The molecule has 134 valence electrons. The lowest BCUT2D eigenvalue weighted by Crippen LogP contribution is -2.33. The van der Waals surface area contributed by atoms with Crippen LogP contribution in [0.1, 0.15) is 32.1 Å². The number of nitrogens with zero attached hydrogens (tertiary/aromatic N) is 5. The minimum absolute atomic E-state index is 0.579. The van der Waals surface area contributed by atoms with Gasteiger partial charge in [0.2, 0.25) is 5.95 Å². The lowest BCUT2D eigenvalue weighted by Gasteiger charge is -2.32. The first-order valence-electron chi connectivity index (χ1n) is 9.22. The van der Waals surface area contributed by atoms with Crippen LogP contribution in [0.5, 0.6) is 0 Å². The molecule has 1 aliphatic rings. The number of hydrogen-bond donors (Lipinski definition) is 1. The van der Waals surface area contributed by atoms with Gasteiger partial charge in [0.05, 0.1) is 5.69 Å². The Balaban J connectivity index is 1.51. The highest BCUT2D eigenvalue weighted by molar-refractivity contribution is 5.53. The monoisotopic (exact) mass is 348 g/mol. The van der Waals surface area contributed by atoms with Crippen molar-refractivity contribution in [2.24, 2.45) is 0 Å². The summed E-state index contributed by atoms with van der Waals surface area (Å²) in [6.07, 6.45) is 10.0. The highest BCUT2D eigenvalue weighted by Gasteiger charge is 2.19. The zero-order chi connectivity index (χ0) is 17.8. The molecule has 6 heteroatoms. The number of anilines is 3. The van der Waals surface area contributed by atoms with Gasteiger partial charge in [0.25, 0.3) is 0 Å². The minimum atomic E-state index is 0.579. The smallest absolute Gasteiger partial charge is 0.246 e. The molecule has 1 fully saturated rings. The quantitative estimate of drug-likeness (QED) is 0.750. The highest BCUT2D eigenvalue weighted by Crippen LogP contribution is 2.26. The third kappa shape index (κ3) is 3.69. The molecular formula is C20H24N6. The molecule has 1 aliphatic carbocycles. The predicted molar refractivity (Wildman–Crippen MR) is 104 cm³/mol. The Morgan fingerprint density at radius 2 is 1.85 bits per heavy atom. The van der Waals surface area contributed by atoms with Gasteiger partial charge in [-0.3, -0.25) is 0 Å². The van der Waals surface area contributed by atoms with Crippen LogP contribution >= 0.6 is 0 Å². The van der Waals surface area contributed by atoms with Crippen LogP contribution in [-0.2, 0) is 0 Å². The van der Waals surface area contributed by atoms with Crippen LogP contribution in [0.4, 0.5) is 17.5 Å². The number of benzene rings is 1. The molecule has 1 aromatic carbocycles. The minimum Gasteiger partial charge on any atom is -0.357 e. The molecule has 0 unspecified atom stereocenters. The molecular weight excluding hydrogens is 324 g/mol. The molecule has 0 bridgehead atoms. The Morgan fingerprint density at radius 3 is 2.65 bits per heavy atom. The van der Waals surface area contributed by atoms with Gasteiger partial charge in [0, 0.05) is 31.0 Å². The number of rotatable bonds is 5. The predicted octanol–water partition coefficient (Wildman–Crippen LogP) is 4.17. The Morgan fingerprint density at radius 1 is 1.04 bits per heavy atom. The third-order valence-corrected chi connectivity index (χ3v) is 5.00. The summed E-state index contributed by atoms with van der Waals surface area (Å²) >= 11 is 0. The van der Waals surface area contributed by atoms with Gasteiger partial charge in [0.15, 0.2) is 0 Å². The molecule has 3 aromatic rings. The third-order valence-electron chi connectivity index (χ3n) is 5.00. The highest BCUT2D eigenvalue weighted by atomic mass is 15.4. The van der Waals surface area contributed by atoms with Gasteiger partial charge in [-0.25, -0.2) is 9.67 Å². The molecule has 0 spiro atoms. The molecule has 26 heavy (non-hydrogen) atoms. The van der Waals surface area contributed by atoms with Gasteiger partial charge in [-0.15, -0.1) is 5.10 Å². The van der Waals surface area contributed by atoms with E-state index in [2.05, 4.69) is 38.4 Å². The van der Waals surface area contributed by atoms with Gasteiger partial charge in [-0.2, -0.15) is 4.98 Å². The maximum Gasteiger partial charge on any atom is 0.246 e. The van der Waals surface area contributed by atoms with E-state index in [1.807, 2.05) is 42.6 Å². The standard InChI is InChI=1S/C20H24N6/c1-25(17-10-6-3-7-11-17)19-14-18(12-13-21-19)26-15-22-20(24-26)23-16-8-4-2-5-9-16/h2,4-5,8-9,12-15,17H,3,6-7,10-11H2,1H3,(H,23,24). The molecule has 2 heterocycles. The zero-order valence-corrected chi connectivity index (χ0v) is 15.0. The maximum absolute atomic E-state index is 4.56. The summed E-state index contributed by atoms with van der Waals surface area (Å²) in [6.45, 7) is 0. The van der Waals surface area contributed by atoms with E-state index in [9.17, 15) is 0 Å². The molecule has 0 radical (unpaired) electrons. The lowest BCUT2D eigenvalue weighted by molar-refractivity contribution is 0.426. The van der Waals surface area contributed by atoms with Gasteiger partial charge in [-0.05, 0) is 31.0 Å². The fourth-order valence-electron chi connectivity index (χ4n) is 3.49. The van der Waals surface area contributed by atoms with Gasteiger partial charge in [0.1, 0.15) is 12.1 Å². The van der Waals surface area contributed by atoms with Crippen molar-refractivity contribution in [1.82, 2.24) is 19.7 Å². The van der Waals surface area contributed by atoms with Crippen LogP contribution in [0.25, 0.3) is 5.69 Å². The van der Waals surface area contributed by atoms with Crippen molar-refractivity contribution in [2.45, 2.75) is 38.1 Å². The van der Waals surface area contributed by atoms with E-state index in [4.69, 9.17) is 0 Å². The van der Waals surface area contributed by atoms with Crippen molar-refractivity contribution in [3.63, 3.8) is 0 Å². The summed E-state index contributed by atoms with van der Waals surface area (Å²) in [4.78, 5) is 11.2. The molecule has 0 amide bonds. The van der Waals surface area contributed by atoms with Crippen LogP contribution in [0.15, 0.2) is 55.0 Å². The molecule has 6 nitrogen and oxygen atoms in total. The molecule has 1 N–H and O–H groups in total. The molecule has 2 aromatic heterocycles. The Labute approximate surface area is 153 Å². The van der Waals surface area contributed by atoms with Crippen molar-refractivity contribution in [2.75, 3.05) is 17.3 Å². The van der Waals surface area contributed by atoms with Gasteiger partial charge >= 0.3 is 0 Å². The molecule has 4 rings (SSSR count). The Hall–Kier alpha value is -2.89. The molecule has 0 aliphatic heterocycles. The van der Waals surface area contributed by atoms with E-state index >= 15 is 0 Å². The fourth-order valence-corrected chi connectivity index (χ4v) is 3.49. The second kappa shape index (κ2) is 7.56. The Bertz CT molecular complexity index is 838. The Kier molecular flexibility index (Phi) is 4.82. The maximum atomic E-state index is 4.56. The second-order valence-corrected chi connectivity index (χ2v) is 6.78. The zero-order valence-electron chi connectivity index (χ0n) is 15.0. The van der Waals surface area contributed by atoms with Crippen LogP contribution in [0, 0.1) is 0 Å². The summed E-state index contributed by atoms with van der Waals surface area (Å²) in [5, 5.41) is 7.75. The van der Waals surface area contributed by atoms with E-state index in [0.29, 0.717) is 12.0 Å². The number of aromatic nitrogens is 4. The summed E-state index contributed by atoms with van der Waals surface area (Å²) in [5.74, 6) is 1.57. The normalized spacial score (nSPS) is 15.0. The van der Waals surface area contributed by atoms with Crippen LogP contribution in [-0.4, -0.2) is 32.8 Å². The van der Waals surface area contributed by atoms with Crippen LogP contribution in [0.2, 0.25) is 0 Å². The topological polar surface area (TPSA) is 58.9 Å². The average molecular weight is 348 g/mol. The van der Waals surface area contributed by atoms with E-state index < -0.39 is 0 Å². The summed E-state index contributed by atoms with van der Waals surface area (Å²) in [5.41, 5.74) is 1.93. The first-order valence-corrected chi connectivity index (χ1v) is 9.22. The van der Waals surface area contributed by atoms with Crippen molar-refractivity contribution in [1.29, 1.82) is 0 Å². The second-order valence-electron chi connectivity index (χ2n) is 6.78. The molecule has 0 saturated heterocycles. The summed E-state index contributed by atoms with van der Waals surface area (Å²) in [7, 11) is 2.14. The summed E-state index contributed by atoms with van der Waals surface area (Å²) < 4.78 is 1.78. The number of pyridine rings is 1. The fraction of sp³-hybridized carbons (Fsp3) is 0.350. The first-order chi connectivity index (χ1) is 12.8. The van der Waals surface area contributed by atoms with Crippen molar-refractivity contribution < 1.29 is 0 Å². The number of hydrogen-bond acceptors (Lipinski definition) is 5. The van der Waals surface area contributed by atoms with Crippen molar-refractivity contribution in [3.05, 3.63) is 55.0 Å². The van der Waals surface area contributed by atoms with Crippen LogP contribution in [0.3, 0.4) is 0 Å². The lowest BCUT2D eigenvalue weighted by atomic mass is 9.94. The van der Waals surface area contributed by atoms with Crippen molar-refractivity contribution in [3.8, 4) is 5.69 Å². The van der Waals surface area contributed by atoms with Crippen molar-refractivity contribution >= 4 is 17.5 Å². The summed E-state index contributed by atoms with van der Waals surface area (Å²) in [6, 6.07) is 14.5. The van der Waals surface area contributed by atoms with E-state index in [0.717, 1.165) is 17.2 Å². The van der Waals surface area contributed by atoms with Gasteiger partial charge < -0.3 is 10.2 Å². The van der Waals surface area contributed by atoms with Gasteiger partial charge in [-0.1, -0.05) is 37.5 Å². The van der Waals surface area contributed by atoms with E-state index in [1.165, 1.54) is 32.1 Å². The van der Waals surface area contributed by atoms with E-state index in [-0.39, 0.29) is 0 Å². The van der Waals surface area contributed by atoms with E-state index in [1.54, 1.807) is 11.0 Å². The number of para-hydroxylation sites is 1. The number of nitrogens with one attached hydrogen (secondary N) is 1. The first kappa shape index (κ1) is 16.6. The molecule has 0 atom stereocenters. The van der Waals surface area contributed by atoms with Crippen LogP contribution < -0.4 is 10.2 Å². The average Bonchev–Trinajstić information content (AvgIpc) is 3.17.